The van der Waals surface area contributed by atoms with Crippen LogP contribution in [0.3, 0.4) is 0 Å². The molecule has 0 aromatic heterocycles. The molecule has 0 radical (unpaired) electrons. The minimum absolute atomic E-state index is 0.00689. The van der Waals surface area contributed by atoms with E-state index in [0.717, 1.165) is 38.5 Å². The Bertz CT molecular complexity index is 1090. The molecule has 0 aliphatic carbocycles. The molecule has 0 aromatic carbocycles. The summed E-state index contributed by atoms with van der Waals surface area (Å²) < 4.78 is 23.3. The van der Waals surface area contributed by atoms with Crippen molar-refractivity contribution in [2.75, 3.05) is 40.9 Å². The second-order valence-corrected chi connectivity index (χ2v) is 20.3. The topological polar surface area (TPSA) is 108 Å². The third-order valence-electron chi connectivity index (χ3n) is 11.6. The average molecular weight is 881 g/mol. The third kappa shape index (κ3) is 46.5. The molecule has 3 unspecified atom stereocenters. The smallest absolute Gasteiger partial charge is 0.268 e. The van der Waals surface area contributed by atoms with Gasteiger partial charge in [-0.05, 0) is 57.8 Å². The fourth-order valence-electron chi connectivity index (χ4n) is 7.46. The minimum atomic E-state index is -4.60. The van der Waals surface area contributed by atoms with Crippen molar-refractivity contribution in [3.05, 3.63) is 36.5 Å². The van der Waals surface area contributed by atoms with Gasteiger partial charge in [-0.25, -0.2) is 0 Å². The van der Waals surface area contributed by atoms with Crippen LogP contribution in [0.5, 0.6) is 0 Å². The van der Waals surface area contributed by atoms with Crippen molar-refractivity contribution in [3.63, 3.8) is 0 Å². The molecule has 360 valence electrons. The number of phosphoric ester groups is 1. The second kappa shape index (κ2) is 43.9. The number of hydrogen-bond acceptors (Lipinski definition) is 6. The largest absolute Gasteiger partial charge is 0.756 e. The second-order valence-electron chi connectivity index (χ2n) is 18.9. The number of likely N-dealkylation sites (N-methyl/N-ethyl adjacent to an activating group) is 1. The molecule has 0 aliphatic rings. The molecule has 1 amide bonds. The lowest BCUT2D eigenvalue weighted by atomic mass is 10.0. The van der Waals surface area contributed by atoms with Crippen LogP contribution in [0.15, 0.2) is 36.5 Å². The van der Waals surface area contributed by atoms with Crippen LogP contribution in [0.4, 0.5) is 0 Å². The van der Waals surface area contributed by atoms with Crippen molar-refractivity contribution in [1.82, 2.24) is 5.32 Å². The van der Waals surface area contributed by atoms with Crippen LogP contribution in [-0.2, 0) is 18.4 Å². The van der Waals surface area contributed by atoms with E-state index >= 15 is 0 Å². The van der Waals surface area contributed by atoms with Crippen LogP contribution >= 0.6 is 7.82 Å². The molecular formula is C52H101N2O6P. The van der Waals surface area contributed by atoms with E-state index in [-0.39, 0.29) is 12.5 Å². The molecule has 61 heavy (non-hydrogen) atoms. The third-order valence-corrected chi connectivity index (χ3v) is 12.5. The van der Waals surface area contributed by atoms with Crippen LogP contribution in [-0.4, -0.2) is 68.5 Å². The fraction of sp³-hybridized carbons (Fsp3) is 0.865. The molecule has 0 heterocycles. The van der Waals surface area contributed by atoms with E-state index < -0.39 is 26.6 Å². The number of phosphoric acid groups is 1. The molecule has 2 N–H and O–H groups in total. The molecule has 9 heteroatoms. The SMILES string of the molecule is CCCCCCCCCCCC/C=C/CC/C=C/C(O)C(COP(=O)([O-])OCC[N+](C)(C)C)NC(=O)CCCCCCCCC/C=C\CCCCCCCCCCCCCC. The summed E-state index contributed by atoms with van der Waals surface area (Å²) in [4.78, 5) is 25.4. The summed E-state index contributed by atoms with van der Waals surface area (Å²) in [6.45, 7) is 4.64. The maximum atomic E-state index is 12.9. The highest BCUT2D eigenvalue weighted by atomic mass is 31.2. The Balaban J connectivity index is 4.31. The molecule has 0 bridgehead atoms. The van der Waals surface area contributed by atoms with E-state index in [0.29, 0.717) is 17.4 Å². The number of nitrogens with one attached hydrogen (secondary N) is 1. The molecule has 0 aromatic rings. The van der Waals surface area contributed by atoms with Crippen molar-refractivity contribution in [3.8, 4) is 0 Å². The van der Waals surface area contributed by atoms with E-state index in [1.165, 1.54) is 180 Å². The van der Waals surface area contributed by atoms with Gasteiger partial charge in [0.1, 0.15) is 13.2 Å². The van der Waals surface area contributed by atoms with Crippen LogP contribution in [0.2, 0.25) is 0 Å². The number of amides is 1. The Kier molecular flexibility index (Phi) is 43.0. The van der Waals surface area contributed by atoms with Gasteiger partial charge >= 0.3 is 0 Å². The van der Waals surface area contributed by atoms with Gasteiger partial charge in [0.05, 0.1) is 39.9 Å². The standard InChI is InChI=1S/C52H101N2O6P/c1-6-8-10-12-14-16-18-20-22-24-25-26-27-28-29-30-32-34-36-38-40-42-44-46-52(56)53-50(49-60-61(57,58)59-48-47-54(3,4)5)51(55)45-43-41-39-37-35-33-31-23-21-19-17-15-13-11-9-7-2/h28-29,35,37,43,45,50-51,55H,6-27,30-34,36,38-42,44,46-49H2,1-5H3,(H-,53,56,57,58)/b29-28-,37-35+,45-43+. The van der Waals surface area contributed by atoms with Crippen LogP contribution in [0.1, 0.15) is 239 Å². The Morgan fingerprint density at radius 2 is 0.918 bits per heavy atom. The summed E-state index contributed by atoms with van der Waals surface area (Å²) in [7, 11) is 1.24. The van der Waals surface area contributed by atoms with E-state index in [1.807, 2.05) is 27.2 Å². The number of unbranched alkanes of at least 4 members (excludes halogenated alkanes) is 30. The van der Waals surface area contributed by atoms with Gasteiger partial charge in [-0.1, -0.05) is 211 Å². The van der Waals surface area contributed by atoms with E-state index in [9.17, 15) is 19.4 Å². The highest BCUT2D eigenvalue weighted by molar-refractivity contribution is 7.45. The van der Waals surface area contributed by atoms with Crippen LogP contribution in [0, 0.1) is 0 Å². The first-order valence-electron chi connectivity index (χ1n) is 25.9. The zero-order valence-electron chi connectivity index (χ0n) is 40.9. The number of aliphatic hydroxyl groups is 1. The first kappa shape index (κ1) is 59.7. The normalized spacial score (nSPS) is 14.4. The average Bonchev–Trinajstić information content (AvgIpc) is 3.21. The summed E-state index contributed by atoms with van der Waals surface area (Å²) >= 11 is 0. The molecule has 0 saturated carbocycles. The van der Waals surface area contributed by atoms with E-state index in [4.69, 9.17) is 9.05 Å². The number of aliphatic hydroxyl groups excluding tert-OH is 1. The molecule has 3 atom stereocenters. The van der Waals surface area contributed by atoms with Crippen molar-refractivity contribution in [1.29, 1.82) is 0 Å². The van der Waals surface area contributed by atoms with Gasteiger partial charge in [0.15, 0.2) is 0 Å². The van der Waals surface area contributed by atoms with E-state index in [2.05, 4.69) is 43.5 Å². The first-order chi connectivity index (χ1) is 29.5. The maximum absolute atomic E-state index is 12.9. The predicted molar refractivity (Wildman–Crippen MR) is 261 cm³/mol. The summed E-state index contributed by atoms with van der Waals surface area (Å²) in [5.41, 5.74) is 0. The molecule has 0 fully saturated rings. The molecule has 0 aliphatic heterocycles. The highest BCUT2D eigenvalue weighted by Gasteiger charge is 2.23. The van der Waals surface area contributed by atoms with Gasteiger partial charge in [-0.2, -0.15) is 0 Å². The number of carbonyl (C=O) groups is 1. The lowest BCUT2D eigenvalue weighted by molar-refractivity contribution is -0.870. The van der Waals surface area contributed by atoms with Gasteiger partial charge < -0.3 is 28.8 Å². The van der Waals surface area contributed by atoms with Crippen molar-refractivity contribution < 1.29 is 32.9 Å². The summed E-state index contributed by atoms with van der Waals surface area (Å²) in [6.07, 6.45) is 54.9. The van der Waals surface area contributed by atoms with Gasteiger partial charge in [0, 0.05) is 6.42 Å². The van der Waals surface area contributed by atoms with Crippen molar-refractivity contribution in [2.45, 2.75) is 251 Å². The number of allylic oxidation sites excluding steroid dienone is 5. The Morgan fingerprint density at radius 1 is 0.557 bits per heavy atom. The zero-order chi connectivity index (χ0) is 45.0. The molecule has 8 nitrogen and oxygen atoms in total. The van der Waals surface area contributed by atoms with Gasteiger partial charge in [-0.3, -0.25) is 9.36 Å². The quantitative estimate of drug-likeness (QED) is 0.0273. The van der Waals surface area contributed by atoms with E-state index in [1.54, 1.807) is 6.08 Å². The number of nitrogens with zero attached hydrogens (tertiary/aromatic N) is 1. The summed E-state index contributed by atoms with van der Waals surface area (Å²) in [5, 5.41) is 13.8. The fourth-order valence-corrected chi connectivity index (χ4v) is 8.18. The van der Waals surface area contributed by atoms with Gasteiger partial charge in [-0.15, -0.1) is 0 Å². The molecule has 0 rings (SSSR count). The number of rotatable bonds is 47. The first-order valence-corrected chi connectivity index (χ1v) is 27.3. The minimum Gasteiger partial charge on any atom is -0.756 e. The number of quaternary nitrogens is 1. The molecule has 0 spiro atoms. The number of hydrogen-bond donors (Lipinski definition) is 2. The van der Waals surface area contributed by atoms with Crippen molar-refractivity contribution >= 4 is 13.7 Å². The zero-order valence-corrected chi connectivity index (χ0v) is 41.8. The summed E-state index contributed by atoms with van der Waals surface area (Å²) in [5.74, 6) is -0.210. The Hall–Kier alpha value is -1.28. The Labute approximate surface area is 378 Å². The highest BCUT2D eigenvalue weighted by Crippen LogP contribution is 2.38. The predicted octanol–water partition coefficient (Wildman–Crippen LogP) is 14.4. The van der Waals surface area contributed by atoms with Gasteiger partial charge in [0.25, 0.3) is 7.82 Å². The van der Waals surface area contributed by atoms with Crippen LogP contribution in [0.25, 0.3) is 0 Å². The Morgan fingerprint density at radius 3 is 1.33 bits per heavy atom. The monoisotopic (exact) mass is 881 g/mol. The lowest BCUT2D eigenvalue weighted by Crippen LogP contribution is -2.45. The van der Waals surface area contributed by atoms with Gasteiger partial charge in [0.2, 0.25) is 5.91 Å². The number of carbonyl (C=O) groups excluding carboxylic acids is 1. The maximum Gasteiger partial charge on any atom is 0.268 e. The lowest BCUT2D eigenvalue weighted by Gasteiger charge is -2.29. The van der Waals surface area contributed by atoms with Crippen molar-refractivity contribution in [2.24, 2.45) is 0 Å². The molecular weight excluding hydrogens is 780 g/mol. The van der Waals surface area contributed by atoms with Crippen LogP contribution < -0.4 is 10.2 Å². The molecule has 0 saturated heterocycles. The summed E-state index contributed by atoms with van der Waals surface area (Å²) in [6, 6.07) is -0.904.